The smallest absolute Gasteiger partial charge is 0.229 e. The van der Waals surface area contributed by atoms with Gasteiger partial charge in [0.1, 0.15) is 149 Å². The van der Waals surface area contributed by atoms with E-state index in [2.05, 4.69) is 0 Å². The van der Waals surface area contributed by atoms with E-state index in [1.807, 2.05) is 0 Å². The Labute approximate surface area is 476 Å². The van der Waals surface area contributed by atoms with Crippen molar-refractivity contribution in [2.45, 2.75) is 162 Å². The molecule has 6 heterocycles. The number of aromatic hydroxyl groups is 4. The zero-order valence-electron chi connectivity index (χ0n) is 44.8. The number of phenolic OH excluding ortho intramolecular Hbond substituents is 4. The zero-order valence-corrected chi connectivity index (χ0v) is 44.8. The van der Waals surface area contributed by atoms with Gasteiger partial charge >= 0.3 is 0 Å². The van der Waals surface area contributed by atoms with Gasteiger partial charge in [-0.1, -0.05) is 18.2 Å². The first-order chi connectivity index (χ1) is 39.8. The normalized spacial score (nSPS) is 36.6. The lowest BCUT2D eigenvalue weighted by molar-refractivity contribution is -0.318. The highest BCUT2D eigenvalue weighted by atomic mass is 16.7. The van der Waals surface area contributed by atoms with E-state index in [0.717, 1.165) is 12.1 Å². The average molecular weight is 1190 g/mol. The van der Waals surface area contributed by atoms with E-state index in [4.69, 9.17) is 52.1 Å². The molecule has 0 amide bonds. The summed E-state index contributed by atoms with van der Waals surface area (Å²) in [6.45, 7) is 1.94. The second-order valence-electron chi connectivity index (χ2n) is 20.9. The Kier molecular flexibility index (Phi) is 19.1. The summed E-state index contributed by atoms with van der Waals surface area (Å²) < 4.78 is 61.2. The Balaban J connectivity index is 0.000000202. The van der Waals surface area contributed by atoms with Gasteiger partial charge in [0.25, 0.3) is 0 Å². The van der Waals surface area contributed by atoms with Gasteiger partial charge in [0.15, 0.2) is 35.6 Å². The summed E-state index contributed by atoms with van der Waals surface area (Å²) in [7, 11) is 1.39. The minimum Gasteiger partial charge on any atom is -0.508 e. The molecule has 84 heavy (non-hydrogen) atoms. The summed E-state index contributed by atoms with van der Waals surface area (Å²) in [4.78, 5) is 25.7. The molecule has 0 radical (unpaired) electrons. The van der Waals surface area contributed by atoms with Gasteiger partial charge in [0.05, 0.1) is 45.4 Å². The molecule has 0 spiro atoms. The van der Waals surface area contributed by atoms with Crippen molar-refractivity contribution in [2.75, 3.05) is 20.3 Å². The molecule has 6 aliphatic rings. The van der Waals surface area contributed by atoms with Crippen LogP contribution < -0.4 is 23.7 Å². The molecule has 460 valence electrons. The number of aliphatic hydroxyl groups is 12. The molecular formula is C55H66O29. The number of carbonyl (C=O) groups is 2. The SMILES string of the molecule is COc1ccc(C2CC(=O)c3c(O)cc(O[C@@H]4O[C@H](CO[C@@H]5O[C@@H](C)[C@H](O)[C@@H](O)[C@H]5O)[C@@H](O)[C@H](O)[C@H]4O)cc3O2)cc1O.C[C@@H]1O[C@@H](OC[C@H]2O[C@@H](Oc3cc(O)c4c(c3)O[C@H](c3ccc(O)cc3)CC4=O)[C@H](O)[C@@H](O)[C@@H]2O)[C@H](O)[C@H](O)[C@H]1O. The number of hydrogen-bond acceptors (Lipinski definition) is 29. The van der Waals surface area contributed by atoms with Crippen LogP contribution in [-0.2, 0) is 28.4 Å². The monoisotopic (exact) mass is 1190 g/mol. The van der Waals surface area contributed by atoms with Crippen LogP contribution in [0.2, 0.25) is 0 Å². The molecule has 4 aromatic carbocycles. The lowest BCUT2D eigenvalue weighted by atomic mass is 9.95. The van der Waals surface area contributed by atoms with Gasteiger partial charge in [0, 0.05) is 24.3 Å². The number of methoxy groups -OCH3 is 1. The fraction of sp³-hybridized carbons (Fsp3) is 0.527. The topological polar surface area (TPSA) is 459 Å². The van der Waals surface area contributed by atoms with Crippen LogP contribution in [-0.4, -0.2) is 236 Å². The van der Waals surface area contributed by atoms with Crippen LogP contribution in [0.5, 0.6) is 51.7 Å². The highest BCUT2D eigenvalue weighted by Crippen LogP contribution is 2.45. The number of rotatable bonds is 13. The molecule has 29 nitrogen and oxygen atoms in total. The molecule has 4 saturated heterocycles. The largest absolute Gasteiger partial charge is 0.508 e. The predicted molar refractivity (Wildman–Crippen MR) is 275 cm³/mol. The molecule has 10 rings (SSSR count). The van der Waals surface area contributed by atoms with E-state index < -0.39 is 171 Å². The summed E-state index contributed by atoms with van der Waals surface area (Å²) in [5.74, 6) is -1.89. The number of ether oxygens (including phenoxy) is 11. The second-order valence-corrected chi connectivity index (χ2v) is 20.9. The number of benzene rings is 4. The Morgan fingerprint density at radius 2 is 0.833 bits per heavy atom. The molecule has 29 heteroatoms. The molecule has 22 atom stereocenters. The number of phenols is 4. The molecule has 4 fully saturated rings. The number of Topliss-reactive ketones (excluding diaryl/α,β-unsaturated/α-hetero) is 2. The van der Waals surface area contributed by atoms with Crippen molar-refractivity contribution < 1.29 is 143 Å². The van der Waals surface area contributed by atoms with Crippen molar-refractivity contribution in [3.8, 4) is 51.7 Å². The van der Waals surface area contributed by atoms with Crippen molar-refractivity contribution in [1.29, 1.82) is 0 Å². The van der Waals surface area contributed by atoms with Crippen LogP contribution in [0.4, 0.5) is 0 Å². The number of hydrogen-bond donors (Lipinski definition) is 16. The summed E-state index contributed by atoms with van der Waals surface area (Å²) >= 11 is 0. The Morgan fingerprint density at radius 1 is 0.440 bits per heavy atom. The molecule has 0 saturated carbocycles. The van der Waals surface area contributed by atoms with E-state index in [0.29, 0.717) is 11.1 Å². The van der Waals surface area contributed by atoms with Crippen LogP contribution in [0.25, 0.3) is 0 Å². The van der Waals surface area contributed by atoms with Crippen molar-refractivity contribution in [2.24, 2.45) is 0 Å². The van der Waals surface area contributed by atoms with Crippen LogP contribution in [0.15, 0.2) is 66.7 Å². The quantitative estimate of drug-likeness (QED) is 0.0668. The fourth-order valence-corrected chi connectivity index (χ4v) is 10.2. The summed E-state index contributed by atoms with van der Waals surface area (Å²) in [6.07, 6.45) is -31.5. The first-order valence-electron chi connectivity index (χ1n) is 26.5. The number of aliphatic hydroxyl groups excluding tert-OH is 12. The van der Waals surface area contributed by atoms with E-state index in [-0.39, 0.29) is 64.2 Å². The Hall–Kier alpha value is -6.30. The molecule has 16 N–H and O–H groups in total. The molecule has 0 bridgehead atoms. The third-order valence-corrected chi connectivity index (χ3v) is 15.1. The van der Waals surface area contributed by atoms with Gasteiger partial charge in [0.2, 0.25) is 12.6 Å². The summed E-state index contributed by atoms with van der Waals surface area (Å²) in [5, 5.41) is 164. The van der Waals surface area contributed by atoms with Gasteiger partial charge in [-0.15, -0.1) is 0 Å². The maximum atomic E-state index is 12.9. The fourth-order valence-electron chi connectivity index (χ4n) is 10.2. The van der Waals surface area contributed by atoms with Crippen molar-refractivity contribution in [1.82, 2.24) is 0 Å². The predicted octanol–water partition coefficient (Wildman–Crippen LogP) is -2.32. The van der Waals surface area contributed by atoms with Crippen LogP contribution in [0.1, 0.15) is 70.7 Å². The zero-order chi connectivity index (χ0) is 60.7. The highest BCUT2D eigenvalue weighted by molar-refractivity contribution is 6.03. The third-order valence-electron chi connectivity index (χ3n) is 15.1. The third kappa shape index (κ3) is 12.9. The minimum absolute atomic E-state index is 0.00149. The van der Waals surface area contributed by atoms with Crippen molar-refractivity contribution in [3.05, 3.63) is 89.0 Å². The van der Waals surface area contributed by atoms with E-state index in [1.54, 1.807) is 18.2 Å². The number of carbonyl (C=O) groups excluding carboxylic acids is 2. The lowest BCUT2D eigenvalue weighted by Gasteiger charge is -2.42. The van der Waals surface area contributed by atoms with Crippen molar-refractivity contribution in [3.63, 3.8) is 0 Å². The van der Waals surface area contributed by atoms with Crippen LogP contribution >= 0.6 is 0 Å². The van der Waals surface area contributed by atoms with E-state index >= 15 is 0 Å². The number of fused-ring (bicyclic) bond motifs is 2. The highest BCUT2D eigenvalue weighted by Gasteiger charge is 2.50. The first kappa shape index (κ1) is 62.2. The van der Waals surface area contributed by atoms with Crippen LogP contribution in [0.3, 0.4) is 0 Å². The lowest BCUT2D eigenvalue weighted by Crippen LogP contribution is -2.61. The maximum Gasteiger partial charge on any atom is 0.229 e. The molecule has 0 aromatic heterocycles. The molecule has 0 aliphatic carbocycles. The van der Waals surface area contributed by atoms with Crippen molar-refractivity contribution >= 4 is 11.6 Å². The molecular weight excluding hydrogens is 1120 g/mol. The molecule has 6 aliphatic heterocycles. The number of ketones is 2. The summed E-state index contributed by atoms with van der Waals surface area (Å²) in [5.41, 5.74) is 0.923. The van der Waals surface area contributed by atoms with E-state index in [1.165, 1.54) is 57.4 Å². The van der Waals surface area contributed by atoms with Gasteiger partial charge in [-0.2, -0.15) is 0 Å². The molecule has 1 unspecified atom stereocenters. The first-order valence-corrected chi connectivity index (χ1v) is 26.5. The second kappa shape index (κ2) is 25.7. The van der Waals surface area contributed by atoms with Gasteiger partial charge in [-0.25, -0.2) is 0 Å². The molecule has 4 aromatic rings. The van der Waals surface area contributed by atoms with Gasteiger partial charge in [-0.05, 0) is 49.2 Å². The van der Waals surface area contributed by atoms with Gasteiger partial charge < -0.3 is 134 Å². The van der Waals surface area contributed by atoms with Gasteiger partial charge in [-0.3, -0.25) is 9.59 Å². The maximum absolute atomic E-state index is 12.9. The standard InChI is InChI=1S/C28H34O15.C27H32O14/c1-10-21(32)23(34)25(36)27(40-10)39-9-19-22(33)24(35)26(37)28(43-19)41-12-6-14(30)20-15(31)8-17(42-18(20)7-12)11-3-4-16(38-2)13(29)5-11;1-10-20(31)22(33)24(35)26(38-10)37-9-18-21(32)23(34)25(36)27(41-18)39-13-6-14(29)19-15(30)8-16(40-17(19)7-13)11-2-4-12(28)5-3-11/h3-7,10,17,19,21-30,32-37H,8-9H2,1-2H3;2-7,10,16,18,20-29,31-36H,8-9H2,1H3/t10-,17?,19+,21-,22+,23+,24-,25+,26+,27+,28+;10-,16-,18+,20-,21+,22+,23-,24+,25+,26+,27+/m00/s1. The Morgan fingerprint density at radius 3 is 1.25 bits per heavy atom. The summed E-state index contributed by atoms with van der Waals surface area (Å²) in [6, 6.07) is 15.4. The van der Waals surface area contributed by atoms with E-state index in [9.17, 15) is 91.3 Å². The average Bonchev–Trinajstić information content (AvgIpc) is 1.67. The Bertz CT molecular complexity index is 2950. The van der Waals surface area contributed by atoms with Crippen LogP contribution in [0, 0.1) is 0 Å². The minimum atomic E-state index is -1.77.